The Morgan fingerprint density at radius 2 is 1.65 bits per heavy atom. The van der Waals surface area contributed by atoms with Crippen LogP contribution in [0.2, 0.25) is 10.0 Å². The molecule has 0 aromatic heterocycles. The molecule has 0 amide bonds. The van der Waals surface area contributed by atoms with E-state index in [4.69, 9.17) is 23.2 Å². The maximum Gasteiger partial charge on any atom is 0.166 e. The molecular formula is C17H14Cl2O. The van der Waals surface area contributed by atoms with Crippen molar-refractivity contribution in [3.05, 3.63) is 69.2 Å². The molecular weight excluding hydrogens is 291 g/mol. The lowest BCUT2D eigenvalue weighted by molar-refractivity contribution is 0.0909. The first kappa shape index (κ1) is 13.7. The second-order valence-electron chi connectivity index (χ2n) is 5.23. The topological polar surface area (TPSA) is 17.1 Å². The van der Waals surface area contributed by atoms with Gasteiger partial charge < -0.3 is 0 Å². The quantitative estimate of drug-likeness (QED) is 0.715. The van der Waals surface area contributed by atoms with Crippen LogP contribution in [-0.2, 0) is 12.8 Å². The molecule has 0 N–H and O–H groups in total. The number of halogens is 2. The normalized spacial score (nSPS) is 17.6. The second-order valence-corrected chi connectivity index (χ2v) is 6.10. The van der Waals surface area contributed by atoms with Gasteiger partial charge in [-0.3, -0.25) is 4.79 Å². The van der Waals surface area contributed by atoms with Gasteiger partial charge in [-0.2, -0.15) is 0 Å². The van der Waals surface area contributed by atoms with Crippen LogP contribution in [0.4, 0.5) is 0 Å². The summed E-state index contributed by atoms with van der Waals surface area (Å²) in [6.07, 6.45) is 2.65. The van der Waals surface area contributed by atoms with Crippen molar-refractivity contribution in [3.63, 3.8) is 0 Å². The second kappa shape index (κ2) is 5.59. The van der Waals surface area contributed by atoms with Crippen molar-refractivity contribution < 1.29 is 4.79 Å². The first-order valence-electron chi connectivity index (χ1n) is 6.70. The maximum absolute atomic E-state index is 12.6. The van der Waals surface area contributed by atoms with Crippen LogP contribution < -0.4 is 0 Å². The fourth-order valence-electron chi connectivity index (χ4n) is 2.85. The van der Waals surface area contributed by atoms with Crippen LogP contribution in [0.5, 0.6) is 0 Å². The molecule has 1 nitrogen and oxygen atoms in total. The van der Waals surface area contributed by atoms with Crippen LogP contribution in [0.1, 0.15) is 27.9 Å². The standard InChI is InChI=1S/C17H14Cl2O/c18-15-8-14(9-16(19)10-15)17(20)13-6-5-11-3-1-2-4-12(11)7-13/h1-4,8-10,13H,5-7H2. The predicted octanol–water partition coefficient (Wildman–Crippen LogP) is 4.98. The number of aryl methyl sites for hydroxylation is 1. The summed E-state index contributed by atoms with van der Waals surface area (Å²) < 4.78 is 0. The monoisotopic (exact) mass is 304 g/mol. The SMILES string of the molecule is O=C(c1cc(Cl)cc(Cl)c1)C1CCc2ccccc2C1. The Morgan fingerprint density at radius 3 is 2.35 bits per heavy atom. The van der Waals surface area contributed by atoms with Gasteiger partial charge in [-0.1, -0.05) is 47.5 Å². The molecule has 1 atom stereocenters. The number of rotatable bonds is 2. The molecule has 0 saturated carbocycles. The summed E-state index contributed by atoms with van der Waals surface area (Å²) in [5.41, 5.74) is 3.26. The average molecular weight is 305 g/mol. The molecule has 3 rings (SSSR count). The molecule has 3 heteroatoms. The molecule has 0 fully saturated rings. The Bertz CT molecular complexity index is 644. The van der Waals surface area contributed by atoms with Crippen LogP contribution in [0.25, 0.3) is 0 Å². The summed E-state index contributed by atoms with van der Waals surface area (Å²) in [4.78, 5) is 12.6. The van der Waals surface area contributed by atoms with Crippen LogP contribution >= 0.6 is 23.2 Å². The molecule has 20 heavy (non-hydrogen) atoms. The Labute approximate surface area is 128 Å². The Balaban J connectivity index is 1.86. The smallest absolute Gasteiger partial charge is 0.166 e. The first-order chi connectivity index (χ1) is 9.63. The van der Waals surface area contributed by atoms with Gasteiger partial charge in [0, 0.05) is 21.5 Å². The number of fused-ring (bicyclic) bond motifs is 1. The summed E-state index contributed by atoms with van der Waals surface area (Å²) in [6.45, 7) is 0. The summed E-state index contributed by atoms with van der Waals surface area (Å²) >= 11 is 12.0. The summed E-state index contributed by atoms with van der Waals surface area (Å²) in [7, 11) is 0. The Morgan fingerprint density at radius 1 is 1.00 bits per heavy atom. The van der Waals surface area contributed by atoms with Crippen molar-refractivity contribution in [2.75, 3.05) is 0 Å². The van der Waals surface area contributed by atoms with Crippen molar-refractivity contribution >= 4 is 29.0 Å². The maximum atomic E-state index is 12.6. The number of carbonyl (C=O) groups excluding carboxylic acids is 1. The molecule has 0 heterocycles. The zero-order valence-electron chi connectivity index (χ0n) is 10.9. The molecule has 2 aromatic carbocycles. The fourth-order valence-corrected chi connectivity index (χ4v) is 3.38. The van der Waals surface area contributed by atoms with Crippen molar-refractivity contribution in [3.8, 4) is 0 Å². The van der Waals surface area contributed by atoms with E-state index in [1.54, 1.807) is 18.2 Å². The lowest BCUT2D eigenvalue weighted by atomic mass is 9.80. The number of benzene rings is 2. The van der Waals surface area contributed by atoms with Gasteiger partial charge in [-0.05, 0) is 48.6 Å². The molecule has 1 aliphatic carbocycles. The number of Topliss-reactive ketones (excluding diaryl/α,β-unsaturated/α-hetero) is 1. The van der Waals surface area contributed by atoms with E-state index in [1.807, 2.05) is 6.07 Å². The van der Waals surface area contributed by atoms with Gasteiger partial charge in [-0.25, -0.2) is 0 Å². The molecule has 1 unspecified atom stereocenters. The molecule has 0 radical (unpaired) electrons. The molecule has 0 bridgehead atoms. The van der Waals surface area contributed by atoms with E-state index in [-0.39, 0.29) is 11.7 Å². The van der Waals surface area contributed by atoms with Crippen molar-refractivity contribution in [1.29, 1.82) is 0 Å². The van der Waals surface area contributed by atoms with E-state index >= 15 is 0 Å². The largest absolute Gasteiger partial charge is 0.294 e. The predicted molar refractivity (Wildman–Crippen MR) is 82.7 cm³/mol. The highest BCUT2D eigenvalue weighted by molar-refractivity contribution is 6.35. The van der Waals surface area contributed by atoms with E-state index in [0.29, 0.717) is 15.6 Å². The highest BCUT2D eigenvalue weighted by atomic mass is 35.5. The fraction of sp³-hybridized carbons (Fsp3) is 0.235. The van der Waals surface area contributed by atoms with Crippen LogP contribution in [0, 0.1) is 5.92 Å². The number of carbonyl (C=O) groups is 1. The van der Waals surface area contributed by atoms with E-state index in [9.17, 15) is 4.79 Å². The van der Waals surface area contributed by atoms with Crippen molar-refractivity contribution in [2.24, 2.45) is 5.92 Å². The van der Waals surface area contributed by atoms with Gasteiger partial charge in [0.15, 0.2) is 5.78 Å². The lowest BCUT2D eigenvalue weighted by Crippen LogP contribution is -2.22. The van der Waals surface area contributed by atoms with E-state index < -0.39 is 0 Å². The highest BCUT2D eigenvalue weighted by Crippen LogP contribution is 2.29. The minimum Gasteiger partial charge on any atom is -0.294 e. The molecule has 0 saturated heterocycles. The van der Waals surface area contributed by atoms with Crippen molar-refractivity contribution in [1.82, 2.24) is 0 Å². The van der Waals surface area contributed by atoms with Crippen molar-refractivity contribution in [2.45, 2.75) is 19.3 Å². The Kier molecular flexibility index (Phi) is 3.82. The van der Waals surface area contributed by atoms with Gasteiger partial charge in [0.1, 0.15) is 0 Å². The summed E-state index contributed by atoms with van der Waals surface area (Å²) in [6, 6.07) is 13.4. The minimum atomic E-state index is 0.0273. The molecule has 1 aliphatic rings. The molecule has 102 valence electrons. The zero-order valence-corrected chi connectivity index (χ0v) is 12.4. The summed E-state index contributed by atoms with van der Waals surface area (Å²) in [5, 5.41) is 1.02. The number of hydrogen-bond acceptors (Lipinski definition) is 1. The van der Waals surface area contributed by atoms with E-state index in [2.05, 4.69) is 18.2 Å². The van der Waals surface area contributed by atoms with Crippen LogP contribution in [-0.4, -0.2) is 5.78 Å². The summed E-state index contributed by atoms with van der Waals surface area (Å²) in [5.74, 6) is 0.170. The zero-order chi connectivity index (χ0) is 14.1. The third-order valence-electron chi connectivity index (χ3n) is 3.86. The highest BCUT2D eigenvalue weighted by Gasteiger charge is 2.25. The lowest BCUT2D eigenvalue weighted by Gasteiger charge is -2.23. The number of ketones is 1. The average Bonchev–Trinajstić information content (AvgIpc) is 2.45. The van der Waals surface area contributed by atoms with Crippen LogP contribution in [0.3, 0.4) is 0 Å². The minimum absolute atomic E-state index is 0.0273. The first-order valence-corrected chi connectivity index (χ1v) is 7.46. The van der Waals surface area contributed by atoms with E-state index in [0.717, 1.165) is 19.3 Å². The van der Waals surface area contributed by atoms with Gasteiger partial charge in [-0.15, -0.1) is 0 Å². The molecule has 0 spiro atoms. The Hall–Kier alpha value is -1.31. The third kappa shape index (κ3) is 2.74. The third-order valence-corrected chi connectivity index (χ3v) is 4.30. The van der Waals surface area contributed by atoms with Gasteiger partial charge in [0.05, 0.1) is 0 Å². The van der Waals surface area contributed by atoms with Crippen LogP contribution in [0.15, 0.2) is 42.5 Å². The molecule has 0 aliphatic heterocycles. The van der Waals surface area contributed by atoms with Gasteiger partial charge in [0.2, 0.25) is 0 Å². The molecule has 2 aromatic rings. The van der Waals surface area contributed by atoms with Gasteiger partial charge >= 0.3 is 0 Å². The van der Waals surface area contributed by atoms with Gasteiger partial charge in [0.25, 0.3) is 0 Å². The van der Waals surface area contributed by atoms with E-state index in [1.165, 1.54) is 11.1 Å². The number of hydrogen-bond donors (Lipinski definition) is 0.